The second-order valence-electron chi connectivity index (χ2n) is 8.21. The fourth-order valence-corrected chi connectivity index (χ4v) is 4.67. The quantitative estimate of drug-likeness (QED) is 0.340. The topological polar surface area (TPSA) is 49.3 Å². The van der Waals surface area contributed by atoms with E-state index in [1.54, 1.807) is 0 Å². The van der Waals surface area contributed by atoms with E-state index in [4.69, 9.17) is 9.47 Å². The first-order valence-electron chi connectivity index (χ1n) is 11.2. The Bertz CT molecular complexity index is 452. The molecule has 0 aromatic heterocycles. The summed E-state index contributed by atoms with van der Waals surface area (Å²) in [6, 6.07) is 0.650. The molecule has 3 aliphatic rings. The van der Waals surface area contributed by atoms with Crippen LogP contribution in [-0.4, -0.2) is 87.0 Å². The Morgan fingerprint density at radius 3 is 2.54 bits per heavy atom. The van der Waals surface area contributed by atoms with Gasteiger partial charge in [-0.1, -0.05) is 13.3 Å². The van der Waals surface area contributed by atoms with Crippen molar-refractivity contribution in [2.24, 2.45) is 4.99 Å². The molecular formula is C21H41IN4O2. The van der Waals surface area contributed by atoms with Crippen LogP contribution in [0.3, 0.4) is 0 Å². The Kier molecular flexibility index (Phi) is 11.4. The van der Waals surface area contributed by atoms with Gasteiger partial charge in [-0.25, -0.2) is 0 Å². The smallest absolute Gasteiger partial charge is 0.193 e. The molecule has 2 atom stereocenters. The number of aliphatic imine (C=N–C) groups is 1. The van der Waals surface area contributed by atoms with Crippen LogP contribution in [0.2, 0.25) is 0 Å². The van der Waals surface area contributed by atoms with Crippen molar-refractivity contribution >= 4 is 29.9 Å². The van der Waals surface area contributed by atoms with Crippen LogP contribution in [0.25, 0.3) is 0 Å². The fourth-order valence-electron chi connectivity index (χ4n) is 4.67. The molecule has 7 heteroatoms. The summed E-state index contributed by atoms with van der Waals surface area (Å²) < 4.78 is 11.9. The summed E-state index contributed by atoms with van der Waals surface area (Å²) in [4.78, 5) is 9.55. The molecule has 3 fully saturated rings. The Labute approximate surface area is 188 Å². The second-order valence-corrected chi connectivity index (χ2v) is 8.21. The van der Waals surface area contributed by atoms with Gasteiger partial charge < -0.3 is 19.7 Å². The van der Waals surface area contributed by atoms with Crippen molar-refractivity contribution in [2.45, 2.75) is 76.5 Å². The molecule has 0 aromatic rings. The number of halogens is 1. The van der Waals surface area contributed by atoms with Crippen molar-refractivity contribution in [3.63, 3.8) is 0 Å². The number of guanidine groups is 1. The van der Waals surface area contributed by atoms with Gasteiger partial charge in [0.1, 0.15) is 0 Å². The number of ether oxygens (including phenoxy) is 2. The van der Waals surface area contributed by atoms with Crippen molar-refractivity contribution in [1.29, 1.82) is 0 Å². The third-order valence-corrected chi connectivity index (χ3v) is 6.40. The number of nitrogens with one attached hydrogen (secondary N) is 1. The van der Waals surface area contributed by atoms with Crippen LogP contribution >= 0.6 is 24.0 Å². The molecule has 0 aromatic carbocycles. The van der Waals surface area contributed by atoms with Gasteiger partial charge in [-0.3, -0.25) is 9.89 Å². The highest BCUT2D eigenvalue weighted by atomic mass is 127. The minimum Gasteiger partial charge on any atom is -0.376 e. The van der Waals surface area contributed by atoms with E-state index in [0.29, 0.717) is 18.2 Å². The summed E-state index contributed by atoms with van der Waals surface area (Å²) in [6.45, 7) is 9.41. The summed E-state index contributed by atoms with van der Waals surface area (Å²) in [6.07, 6.45) is 10.5. The fraction of sp³-hybridized carbons (Fsp3) is 0.952. The summed E-state index contributed by atoms with van der Waals surface area (Å²) in [5.41, 5.74) is 0. The van der Waals surface area contributed by atoms with Gasteiger partial charge >= 0.3 is 0 Å². The molecule has 3 rings (SSSR count). The lowest BCUT2D eigenvalue weighted by Crippen LogP contribution is -2.52. The molecule has 0 radical (unpaired) electrons. The lowest BCUT2D eigenvalue weighted by Gasteiger charge is -2.38. The number of likely N-dealkylation sites (N-methyl/N-ethyl adjacent to an activating group) is 1. The predicted octanol–water partition coefficient (Wildman–Crippen LogP) is 3.10. The maximum Gasteiger partial charge on any atom is 0.193 e. The van der Waals surface area contributed by atoms with E-state index in [1.165, 1.54) is 38.6 Å². The van der Waals surface area contributed by atoms with E-state index in [0.717, 1.165) is 64.6 Å². The summed E-state index contributed by atoms with van der Waals surface area (Å²) in [5.74, 6) is 1.06. The lowest BCUT2D eigenvalue weighted by molar-refractivity contribution is -0.0721. The number of piperidine rings is 2. The molecule has 0 amide bonds. The third-order valence-electron chi connectivity index (χ3n) is 6.40. The molecule has 3 heterocycles. The van der Waals surface area contributed by atoms with E-state index in [2.05, 4.69) is 27.0 Å². The minimum atomic E-state index is 0. The Morgan fingerprint density at radius 1 is 1.07 bits per heavy atom. The van der Waals surface area contributed by atoms with Crippen LogP contribution in [0.5, 0.6) is 0 Å². The van der Waals surface area contributed by atoms with Crippen molar-refractivity contribution in [2.75, 3.05) is 53.0 Å². The number of nitrogens with zero attached hydrogens (tertiary/aromatic N) is 3. The molecule has 164 valence electrons. The third kappa shape index (κ3) is 7.29. The second kappa shape index (κ2) is 13.2. The Balaban J connectivity index is 0.00000280. The molecule has 0 saturated carbocycles. The van der Waals surface area contributed by atoms with E-state index in [9.17, 15) is 0 Å². The SMILES string of the molecule is CCN1CCCCC1CNC(=NC)N1CCC(OCC2CCCCO2)CC1.I. The highest BCUT2D eigenvalue weighted by molar-refractivity contribution is 14.0. The first-order chi connectivity index (χ1) is 13.3. The zero-order chi connectivity index (χ0) is 18.9. The maximum atomic E-state index is 6.15. The molecule has 0 bridgehead atoms. The van der Waals surface area contributed by atoms with Crippen molar-refractivity contribution < 1.29 is 9.47 Å². The van der Waals surface area contributed by atoms with Crippen molar-refractivity contribution in [3.05, 3.63) is 0 Å². The van der Waals surface area contributed by atoms with Crippen LogP contribution in [0.15, 0.2) is 4.99 Å². The van der Waals surface area contributed by atoms with Gasteiger partial charge in [-0.15, -0.1) is 24.0 Å². The molecule has 0 spiro atoms. The van der Waals surface area contributed by atoms with Crippen molar-refractivity contribution in [3.8, 4) is 0 Å². The molecule has 3 aliphatic heterocycles. The zero-order valence-electron chi connectivity index (χ0n) is 17.9. The minimum absolute atomic E-state index is 0. The summed E-state index contributed by atoms with van der Waals surface area (Å²) in [7, 11) is 1.91. The Morgan fingerprint density at radius 2 is 1.86 bits per heavy atom. The van der Waals surface area contributed by atoms with Crippen LogP contribution in [0.1, 0.15) is 58.3 Å². The highest BCUT2D eigenvalue weighted by Gasteiger charge is 2.25. The number of rotatable bonds is 6. The van der Waals surface area contributed by atoms with Gasteiger partial charge in [0.15, 0.2) is 5.96 Å². The first kappa shape index (κ1) is 24.2. The van der Waals surface area contributed by atoms with Gasteiger partial charge in [-0.05, 0) is 58.0 Å². The van der Waals surface area contributed by atoms with E-state index >= 15 is 0 Å². The maximum absolute atomic E-state index is 6.15. The normalized spacial score (nSPS) is 28.1. The largest absolute Gasteiger partial charge is 0.376 e. The van der Waals surface area contributed by atoms with Crippen molar-refractivity contribution in [1.82, 2.24) is 15.1 Å². The number of hydrogen-bond acceptors (Lipinski definition) is 4. The van der Waals surface area contributed by atoms with Gasteiger partial charge in [0.2, 0.25) is 0 Å². The summed E-state index contributed by atoms with van der Waals surface area (Å²) >= 11 is 0. The number of likely N-dealkylation sites (tertiary alicyclic amines) is 2. The molecule has 3 saturated heterocycles. The van der Waals surface area contributed by atoms with Gasteiger partial charge in [-0.2, -0.15) is 0 Å². The summed E-state index contributed by atoms with van der Waals surface area (Å²) in [5, 5.41) is 3.65. The van der Waals surface area contributed by atoms with Crippen LogP contribution in [0, 0.1) is 0 Å². The van der Waals surface area contributed by atoms with Gasteiger partial charge in [0.05, 0.1) is 18.8 Å². The highest BCUT2D eigenvalue weighted by Crippen LogP contribution is 2.19. The van der Waals surface area contributed by atoms with Crippen LogP contribution < -0.4 is 5.32 Å². The van der Waals surface area contributed by atoms with E-state index < -0.39 is 0 Å². The molecule has 28 heavy (non-hydrogen) atoms. The first-order valence-corrected chi connectivity index (χ1v) is 11.2. The average molecular weight is 508 g/mol. The van der Waals surface area contributed by atoms with E-state index in [-0.39, 0.29) is 24.0 Å². The molecule has 1 N–H and O–H groups in total. The van der Waals surface area contributed by atoms with E-state index in [1.807, 2.05) is 7.05 Å². The predicted molar refractivity (Wildman–Crippen MR) is 126 cm³/mol. The lowest BCUT2D eigenvalue weighted by atomic mass is 10.0. The van der Waals surface area contributed by atoms with Gasteiger partial charge in [0, 0.05) is 39.3 Å². The average Bonchev–Trinajstić information content (AvgIpc) is 2.74. The zero-order valence-corrected chi connectivity index (χ0v) is 20.2. The monoisotopic (exact) mass is 508 g/mol. The van der Waals surface area contributed by atoms with Crippen LogP contribution in [0.4, 0.5) is 0 Å². The van der Waals surface area contributed by atoms with Crippen LogP contribution in [-0.2, 0) is 9.47 Å². The molecule has 6 nitrogen and oxygen atoms in total. The molecule has 2 unspecified atom stereocenters. The molecular weight excluding hydrogens is 467 g/mol. The molecule has 0 aliphatic carbocycles. The standard InChI is InChI=1S/C21H40N4O2.HI/c1-3-24-12-6-4-8-18(24)16-23-21(22-2)25-13-10-19(11-14-25)27-17-20-9-5-7-15-26-20;/h18-20H,3-17H2,1-2H3,(H,22,23);1H. The Hall–Kier alpha value is -0.120. The van der Waals surface area contributed by atoms with Gasteiger partial charge in [0.25, 0.3) is 0 Å². The number of hydrogen-bond donors (Lipinski definition) is 1.